The summed E-state index contributed by atoms with van der Waals surface area (Å²) in [5.74, 6) is 0.379. The highest BCUT2D eigenvalue weighted by Crippen LogP contribution is 2.23. The van der Waals surface area contributed by atoms with E-state index in [1.807, 2.05) is 12.1 Å². The third-order valence-corrected chi connectivity index (χ3v) is 6.98. The Morgan fingerprint density at radius 2 is 1.63 bits per heavy atom. The lowest BCUT2D eigenvalue weighted by Gasteiger charge is -2.29. The summed E-state index contributed by atoms with van der Waals surface area (Å²) in [5.41, 5.74) is 1.32. The van der Waals surface area contributed by atoms with Crippen molar-refractivity contribution in [2.75, 3.05) is 13.1 Å². The van der Waals surface area contributed by atoms with Crippen LogP contribution in [0.25, 0.3) is 6.08 Å². The zero-order chi connectivity index (χ0) is 19.4. The van der Waals surface area contributed by atoms with E-state index in [4.69, 9.17) is 11.6 Å². The van der Waals surface area contributed by atoms with Crippen molar-refractivity contribution in [2.45, 2.75) is 24.7 Å². The summed E-state index contributed by atoms with van der Waals surface area (Å²) < 4.78 is 27.0. The first-order valence-corrected chi connectivity index (χ1v) is 10.8. The molecule has 0 spiro atoms. The molecule has 0 amide bonds. The number of nitrogens with zero attached hydrogens (tertiary/aromatic N) is 1. The van der Waals surface area contributed by atoms with Gasteiger partial charge >= 0.3 is 0 Å². The van der Waals surface area contributed by atoms with Gasteiger partial charge in [0.1, 0.15) is 0 Å². The minimum atomic E-state index is -3.50. The topological polar surface area (TPSA) is 54.5 Å². The molecule has 0 saturated carbocycles. The van der Waals surface area contributed by atoms with E-state index in [0.29, 0.717) is 29.6 Å². The van der Waals surface area contributed by atoms with Crippen molar-refractivity contribution in [1.82, 2.24) is 4.31 Å². The molecule has 1 aliphatic rings. The van der Waals surface area contributed by atoms with E-state index >= 15 is 0 Å². The van der Waals surface area contributed by atoms with Gasteiger partial charge in [-0.15, -0.1) is 0 Å². The molecule has 27 heavy (non-hydrogen) atoms. The number of halogens is 1. The van der Waals surface area contributed by atoms with Crippen LogP contribution < -0.4 is 0 Å². The van der Waals surface area contributed by atoms with E-state index in [1.54, 1.807) is 30.3 Å². The molecule has 4 nitrogen and oxygen atoms in total. The largest absolute Gasteiger partial charge is 0.289 e. The number of sulfonamides is 1. The smallest absolute Gasteiger partial charge is 0.243 e. The maximum atomic E-state index is 12.7. The molecule has 142 valence electrons. The van der Waals surface area contributed by atoms with E-state index in [2.05, 4.69) is 6.92 Å². The molecule has 2 aromatic carbocycles. The lowest BCUT2D eigenvalue weighted by Crippen LogP contribution is -2.37. The zero-order valence-electron chi connectivity index (χ0n) is 15.1. The minimum absolute atomic E-state index is 0.180. The highest BCUT2D eigenvalue weighted by molar-refractivity contribution is 7.89. The minimum Gasteiger partial charge on any atom is -0.289 e. The number of allylic oxidation sites excluding steroid dienone is 1. The Morgan fingerprint density at radius 1 is 1.04 bits per heavy atom. The molecule has 0 aliphatic carbocycles. The summed E-state index contributed by atoms with van der Waals surface area (Å²) in [4.78, 5) is 12.5. The van der Waals surface area contributed by atoms with Crippen LogP contribution in [0.3, 0.4) is 0 Å². The van der Waals surface area contributed by atoms with E-state index < -0.39 is 10.0 Å². The van der Waals surface area contributed by atoms with Crippen LogP contribution in [0.1, 0.15) is 35.7 Å². The summed E-state index contributed by atoms with van der Waals surface area (Å²) in [7, 11) is -3.50. The molecule has 0 unspecified atom stereocenters. The molecule has 0 N–H and O–H groups in total. The lowest BCUT2D eigenvalue weighted by atomic mass is 10.0. The second-order valence-electron chi connectivity index (χ2n) is 6.86. The van der Waals surface area contributed by atoms with Gasteiger partial charge in [0.2, 0.25) is 10.0 Å². The standard InChI is InChI=1S/C21H22ClNO3S/c1-16-12-14-23(15-13-16)27(25,26)20-9-5-18(6-10-20)21(24)11-4-17-2-7-19(22)8-3-17/h2-11,16H,12-15H2,1H3/b11-4+. The van der Waals surface area contributed by atoms with Gasteiger partial charge in [-0.25, -0.2) is 8.42 Å². The molecule has 1 heterocycles. The quantitative estimate of drug-likeness (QED) is 0.539. The van der Waals surface area contributed by atoms with Crippen molar-refractivity contribution in [3.8, 4) is 0 Å². The van der Waals surface area contributed by atoms with Crippen LogP contribution in [0, 0.1) is 5.92 Å². The van der Waals surface area contributed by atoms with Gasteiger partial charge in [0, 0.05) is 23.7 Å². The fourth-order valence-electron chi connectivity index (χ4n) is 3.01. The van der Waals surface area contributed by atoms with E-state index in [-0.39, 0.29) is 10.7 Å². The van der Waals surface area contributed by atoms with Crippen molar-refractivity contribution in [2.24, 2.45) is 5.92 Å². The van der Waals surface area contributed by atoms with Gasteiger partial charge in [0.15, 0.2) is 5.78 Å². The molecular formula is C21H22ClNO3S. The fourth-order valence-corrected chi connectivity index (χ4v) is 4.60. The summed E-state index contributed by atoms with van der Waals surface area (Å²) in [5, 5.41) is 0.637. The average Bonchev–Trinajstić information content (AvgIpc) is 2.68. The number of rotatable bonds is 5. The van der Waals surface area contributed by atoms with E-state index in [1.165, 1.54) is 22.5 Å². The summed E-state index contributed by atoms with van der Waals surface area (Å²) in [6.07, 6.45) is 4.94. The molecule has 6 heteroatoms. The van der Waals surface area contributed by atoms with Crippen molar-refractivity contribution in [3.63, 3.8) is 0 Å². The predicted molar refractivity (Wildman–Crippen MR) is 108 cm³/mol. The van der Waals surface area contributed by atoms with Crippen molar-refractivity contribution < 1.29 is 13.2 Å². The fraction of sp³-hybridized carbons (Fsp3) is 0.286. The van der Waals surface area contributed by atoms with Gasteiger partial charge < -0.3 is 0 Å². The van der Waals surface area contributed by atoms with Crippen LogP contribution >= 0.6 is 11.6 Å². The number of hydrogen-bond donors (Lipinski definition) is 0. The van der Waals surface area contributed by atoms with Gasteiger partial charge in [-0.2, -0.15) is 4.31 Å². The van der Waals surface area contributed by atoms with Crippen molar-refractivity contribution in [1.29, 1.82) is 0 Å². The summed E-state index contributed by atoms with van der Waals surface area (Å²) in [6.45, 7) is 3.24. The molecule has 0 radical (unpaired) electrons. The van der Waals surface area contributed by atoms with E-state index in [0.717, 1.165) is 18.4 Å². The van der Waals surface area contributed by atoms with Crippen LogP contribution in [0.5, 0.6) is 0 Å². The number of carbonyl (C=O) groups excluding carboxylic acids is 1. The molecular weight excluding hydrogens is 382 g/mol. The van der Waals surface area contributed by atoms with Crippen molar-refractivity contribution >= 4 is 33.5 Å². The molecule has 1 fully saturated rings. The summed E-state index contributed by atoms with van der Waals surface area (Å²) in [6, 6.07) is 13.3. The second-order valence-corrected chi connectivity index (χ2v) is 9.23. The number of hydrogen-bond acceptors (Lipinski definition) is 3. The average molecular weight is 404 g/mol. The molecule has 0 bridgehead atoms. The Morgan fingerprint density at radius 3 is 2.22 bits per heavy atom. The Bertz CT molecular complexity index is 926. The molecule has 3 rings (SSSR count). The first-order chi connectivity index (χ1) is 12.9. The van der Waals surface area contributed by atoms with Gasteiger partial charge in [0.05, 0.1) is 4.90 Å². The number of carbonyl (C=O) groups is 1. The third-order valence-electron chi connectivity index (χ3n) is 4.82. The van der Waals surface area contributed by atoms with Gasteiger partial charge in [-0.1, -0.05) is 36.7 Å². The second kappa shape index (κ2) is 8.38. The van der Waals surface area contributed by atoms with Gasteiger partial charge in [0.25, 0.3) is 0 Å². The van der Waals surface area contributed by atoms with E-state index in [9.17, 15) is 13.2 Å². The Balaban J connectivity index is 1.70. The van der Waals surface area contributed by atoms with Crippen molar-refractivity contribution in [3.05, 3.63) is 70.8 Å². The maximum Gasteiger partial charge on any atom is 0.243 e. The maximum absolute atomic E-state index is 12.7. The van der Waals surface area contributed by atoms with Crippen LogP contribution in [0.15, 0.2) is 59.5 Å². The molecule has 2 aromatic rings. The first-order valence-electron chi connectivity index (χ1n) is 8.94. The molecule has 0 aromatic heterocycles. The van der Waals surface area contributed by atoms with Crippen LogP contribution in [0.4, 0.5) is 0 Å². The molecule has 0 atom stereocenters. The van der Waals surface area contributed by atoms with Gasteiger partial charge in [-0.3, -0.25) is 4.79 Å². The Kier molecular flexibility index (Phi) is 6.15. The SMILES string of the molecule is CC1CCN(S(=O)(=O)c2ccc(C(=O)/C=C/c3ccc(Cl)cc3)cc2)CC1. The van der Waals surface area contributed by atoms with Crippen LogP contribution in [-0.4, -0.2) is 31.6 Å². The van der Waals surface area contributed by atoms with Crippen LogP contribution in [-0.2, 0) is 10.0 Å². The monoisotopic (exact) mass is 403 g/mol. The highest BCUT2D eigenvalue weighted by Gasteiger charge is 2.27. The highest BCUT2D eigenvalue weighted by atomic mass is 35.5. The Hall–Kier alpha value is -1.95. The number of piperidine rings is 1. The Labute approximate surface area is 165 Å². The lowest BCUT2D eigenvalue weighted by molar-refractivity contribution is 0.104. The number of ketones is 1. The third kappa shape index (κ3) is 4.86. The first kappa shape index (κ1) is 19.8. The zero-order valence-corrected chi connectivity index (χ0v) is 16.7. The van der Waals surface area contributed by atoms with Crippen LogP contribution in [0.2, 0.25) is 5.02 Å². The number of benzene rings is 2. The predicted octanol–water partition coefficient (Wildman–Crippen LogP) is 4.66. The summed E-state index contributed by atoms with van der Waals surface area (Å²) >= 11 is 5.84. The normalized spacial score (nSPS) is 16.7. The molecule has 1 aliphatic heterocycles. The molecule has 1 saturated heterocycles. The van der Waals surface area contributed by atoms with Gasteiger partial charge in [-0.05, 0) is 66.8 Å².